The zero-order valence-electron chi connectivity index (χ0n) is 26.9. The molecule has 244 valence electrons. The van der Waals surface area contributed by atoms with Gasteiger partial charge in [0.1, 0.15) is 36.6 Å². The minimum Gasteiger partial charge on any atom is -0.488 e. The van der Waals surface area contributed by atoms with Crippen LogP contribution in [0.5, 0.6) is 17.2 Å². The molecule has 0 aliphatic carbocycles. The number of carbonyl (C=O) groups is 4. The van der Waals surface area contributed by atoms with Crippen molar-refractivity contribution in [2.75, 3.05) is 46.6 Å². The first-order chi connectivity index (χ1) is 19.8. The molecule has 0 unspecified atom stereocenters. The third kappa shape index (κ3) is 16.8. The molecule has 0 heterocycles. The SMILES string of the molecule is COC(=O)c1cc(OCCNC(=O)OC(C)(C)C)c(OCCNC(=O)OC(C)(C)C)c(OCCNC(=O)OC(C)(C)C)c1. The van der Waals surface area contributed by atoms with Gasteiger partial charge in [-0.2, -0.15) is 0 Å². The van der Waals surface area contributed by atoms with E-state index in [0.29, 0.717) is 0 Å². The first kappa shape index (κ1) is 36.9. The molecule has 0 saturated heterocycles. The molecule has 1 rings (SSSR count). The zero-order chi connectivity index (χ0) is 32.8. The first-order valence-corrected chi connectivity index (χ1v) is 13.8. The Labute approximate surface area is 253 Å². The predicted molar refractivity (Wildman–Crippen MR) is 157 cm³/mol. The van der Waals surface area contributed by atoms with E-state index in [4.69, 9.17) is 33.2 Å². The van der Waals surface area contributed by atoms with Gasteiger partial charge in [-0.25, -0.2) is 19.2 Å². The van der Waals surface area contributed by atoms with Crippen molar-refractivity contribution in [1.29, 1.82) is 0 Å². The summed E-state index contributed by atoms with van der Waals surface area (Å²) in [6, 6.07) is 2.81. The second kappa shape index (κ2) is 16.5. The molecule has 14 nitrogen and oxygen atoms in total. The lowest BCUT2D eigenvalue weighted by molar-refractivity contribution is 0.0505. The number of esters is 1. The zero-order valence-corrected chi connectivity index (χ0v) is 26.9. The van der Waals surface area contributed by atoms with Crippen molar-refractivity contribution in [2.45, 2.75) is 79.1 Å². The van der Waals surface area contributed by atoms with Gasteiger partial charge in [0.05, 0.1) is 32.3 Å². The summed E-state index contributed by atoms with van der Waals surface area (Å²) in [5.41, 5.74) is -1.90. The van der Waals surface area contributed by atoms with Crippen molar-refractivity contribution in [3.8, 4) is 17.2 Å². The number of amides is 3. The summed E-state index contributed by atoms with van der Waals surface area (Å²) in [6.45, 7) is 15.9. The van der Waals surface area contributed by atoms with Gasteiger partial charge in [-0.05, 0) is 74.4 Å². The van der Waals surface area contributed by atoms with Crippen molar-refractivity contribution in [3.05, 3.63) is 17.7 Å². The van der Waals surface area contributed by atoms with Crippen LogP contribution in [0.2, 0.25) is 0 Å². The van der Waals surface area contributed by atoms with Gasteiger partial charge in [-0.1, -0.05) is 0 Å². The fraction of sp³-hybridized carbons (Fsp3) is 0.655. The molecule has 3 N–H and O–H groups in total. The normalized spacial score (nSPS) is 11.5. The molecule has 43 heavy (non-hydrogen) atoms. The number of ether oxygens (including phenoxy) is 7. The Balaban J connectivity index is 3.09. The topological polar surface area (TPSA) is 169 Å². The van der Waals surface area contributed by atoms with Crippen LogP contribution in [0.1, 0.15) is 72.7 Å². The highest BCUT2D eigenvalue weighted by Gasteiger charge is 2.22. The van der Waals surface area contributed by atoms with Crippen molar-refractivity contribution in [1.82, 2.24) is 16.0 Å². The Morgan fingerprint density at radius 2 is 0.907 bits per heavy atom. The van der Waals surface area contributed by atoms with Gasteiger partial charge >= 0.3 is 24.2 Å². The maximum atomic E-state index is 12.4. The van der Waals surface area contributed by atoms with E-state index in [1.54, 1.807) is 62.3 Å². The standard InChI is InChI=1S/C29H47N3O11/c1-27(2,3)41-24(34)30-11-14-38-20-17-19(23(33)37-10)18-21(39-15-12-31-25(35)42-28(4,5)6)22(20)40-16-13-32-26(36)43-29(7,8)9/h17-18H,11-16H2,1-10H3,(H,30,34)(H,31,35)(H,32,36). The molecule has 14 heteroatoms. The smallest absolute Gasteiger partial charge is 0.407 e. The fourth-order valence-electron chi connectivity index (χ4n) is 3.05. The van der Waals surface area contributed by atoms with E-state index in [-0.39, 0.29) is 62.3 Å². The Morgan fingerprint density at radius 3 is 1.21 bits per heavy atom. The summed E-state index contributed by atoms with van der Waals surface area (Å²) in [4.78, 5) is 48.4. The molecule has 0 aromatic heterocycles. The summed E-state index contributed by atoms with van der Waals surface area (Å²) >= 11 is 0. The summed E-state index contributed by atoms with van der Waals surface area (Å²) in [5.74, 6) is -0.317. The van der Waals surface area contributed by atoms with Crippen molar-refractivity contribution in [3.63, 3.8) is 0 Å². The van der Waals surface area contributed by atoms with Gasteiger partial charge < -0.3 is 49.1 Å². The quantitative estimate of drug-likeness (QED) is 0.166. The van der Waals surface area contributed by atoms with E-state index in [9.17, 15) is 19.2 Å². The van der Waals surface area contributed by atoms with Gasteiger partial charge in [0.2, 0.25) is 5.75 Å². The molecule has 0 bridgehead atoms. The number of alkyl carbamates (subject to hydrolysis) is 3. The summed E-state index contributed by atoms with van der Waals surface area (Å²) < 4.78 is 38.1. The van der Waals surface area contributed by atoms with E-state index in [2.05, 4.69) is 16.0 Å². The lowest BCUT2D eigenvalue weighted by Gasteiger charge is -2.21. The molecular weight excluding hydrogens is 566 g/mol. The molecule has 0 radical (unpaired) electrons. The highest BCUT2D eigenvalue weighted by Crippen LogP contribution is 2.39. The monoisotopic (exact) mass is 613 g/mol. The highest BCUT2D eigenvalue weighted by molar-refractivity contribution is 5.91. The van der Waals surface area contributed by atoms with Crippen LogP contribution in [0.4, 0.5) is 14.4 Å². The van der Waals surface area contributed by atoms with E-state index in [1.165, 1.54) is 19.2 Å². The molecule has 0 aliphatic rings. The van der Waals surface area contributed by atoms with Gasteiger partial charge in [0.15, 0.2) is 11.5 Å². The third-order valence-corrected chi connectivity index (χ3v) is 4.51. The summed E-state index contributed by atoms with van der Waals surface area (Å²) in [6.07, 6.45) is -1.86. The van der Waals surface area contributed by atoms with Crippen LogP contribution >= 0.6 is 0 Å². The van der Waals surface area contributed by atoms with Crippen LogP contribution in [0.15, 0.2) is 12.1 Å². The molecule has 1 aromatic carbocycles. The Bertz CT molecular complexity index is 1030. The molecule has 0 saturated carbocycles. The van der Waals surface area contributed by atoms with E-state index < -0.39 is 41.1 Å². The summed E-state index contributed by atoms with van der Waals surface area (Å²) in [5, 5.41) is 7.75. The van der Waals surface area contributed by atoms with Crippen LogP contribution in [-0.4, -0.2) is 87.6 Å². The molecule has 3 amide bonds. The minimum absolute atomic E-state index is 0.0178. The van der Waals surface area contributed by atoms with Gasteiger partial charge in [-0.3, -0.25) is 0 Å². The second-order valence-corrected chi connectivity index (χ2v) is 12.1. The number of nitrogens with one attached hydrogen (secondary N) is 3. The molecule has 0 atom stereocenters. The molecule has 1 aromatic rings. The van der Waals surface area contributed by atoms with E-state index in [0.717, 1.165) is 0 Å². The lowest BCUT2D eigenvalue weighted by atomic mass is 10.2. The Kier molecular flexibility index (Phi) is 14.2. The molecule has 0 fully saturated rings. The van der Waals surface area contributed by atoms with Crippen molar-refractivity contribution in [2.24, 2.45) is 0 Å². The number of rotatable bonds is 13. The minimum atomic E-state index is -0.669. The number of benzene rings is 1. The van der Waals surface area contributed by atoms with E-state index >= 15 is 0 Å². The highest BCUT2D eigenvalue weighted by atomic mass is 16.6. The molecule has 0 aliphatic heterocycles. The van der Waals surface area contributed by atoms with Gasteiger partial charge in [-0.15, -0.1) is 0 Å². The maximum absolute atomic E-state index is 12.4. The number of carbonyl (C=O) groups excluding carboxylic acids is 4. The summed E-state index contributed by atoms with van der Waals surface area (Å²) in [7, 11) is 1.23. The van der Waals surface area contributed by atoms with Crippen molar-refractivity contribution < 1.29 is 52.3 Å². The van der Waals surface area contributed by atoms with Crippen LogP contribution in [0.3, 0.4) is 0 Å². The van der Waals surface area contributed by atoms with Crippen LogP contribution < -0.4 is 30.2 Å². The predicted octanol–water partition coefficient (Wildman–Crippen LogP) is 4.18. The average molecular weight is 614 g/mol. The Hall–Kier alpha value is -4.10. The van der Waals surface area contributed by atoms with Gasteiger partial charge in [0, 0.05) is 0 Å². The fourth-order valence-corrected chi connectivity index (χ4v) is 3.05. The molecule has 0 spiro atoms. The van der Waals surface area contributed by atoms with E-state index in [1.807, 2.05) is 0 Å². The number of hydrogen-bond acceptors (Lipinski definition) is 11. The first-order valence-electron chi connectivity index (χ1n) is 13.8. The van der Waals surface area contributed by atoms with Crippen LogP contribution in [0.25, 0.3) is 0 Å². The number of methoxy groups -OCH3 is 1. The third-order valence-electron chi connectivity index (χ3n) is 4.51. The average Bonchev–Trinajstić information content (AvgIpc) is 2.84. The van der Waals surface area contributed by atoms with Crippen LogP contribution in [-0.2, 0) is 18.9 Å². The van der Waals surface area contributed by atoms with Crippen molar-refractivity contribution >= 4 is 24.2 Å². The lowest BCUT2D eigenvalue weighted by Crippen LogP contribution is -2.35. The van der Waals surface area contributed by atoms with Crippen LogP contribution in [0, 0.1) is 0 Å². The van der Waals surface area contributed by atoms with Gasteiger partial charge in [0.25, 0.3) is 0 Å². The number of hydrogen-bond donors (Lipinski definition) is 3. The molecular formula is C29H47N3O11. The maximum Gasteiger partial charge on any atom is 0.407 e. The second-order valence-electron chi connectivity index (χ2n) is 12.1. The Morgan fingerprint density at radius 1 is 0.581 bits per heavy atom. The largest absolute Gasteiger partial charge is 0.488 e.